The second kappa shape index (κ2) is 9.38. The van der Waals surface area contributed by atoms with Gasteiger partial charge in [-0.1, -0.05) is 37.6 Å². The van der Waals surface area contributed by atoms with Gasteiger partial charge < -0.3 is 5.32 Å². The SMILES string of the molecule is CCN(CC)S(=O)(=O)c1cc(NC(=O)c2ccc(Cn3cncn3)cc2)ccc1Cl. The summed E-state index contributed by atoms with van der Waals surface area (Å²) >= 11 is 6.14. The van der Waals surface area contributed by atoms with Gasteiger partial charge in [0.15, 0.2) is 0 Å². The minimum atomic E-state index is -3.75. The van der Waals surface area contributed by atoms with Crippen molar-refractivity contribution in [1.29, 1.82) is 0 Å². The van der Waals surface area contributed by atoms with Crippen LogP contribution in [0.1, 0.15) is 29.8 Å². The summed E-state index contributed by atoms with van der Waals surface area (Å²) in [5.74, 6) is -0.351. The van der Waals surface area contributed by atoms with Crippen LogP contribution in [0.25, 0.3) is 0 Å². The summed E-state index contributed by atoms with van der Waals surface area (Å²) in [6, 6.07) is 11.5. The number of rotatable bonds is 8. The van der Waals surface area contributed by atoms with Crippen LogP contribution >= 0.6 is 11.6 Å². The number of nitrogens with one attached hydrogen (secondary N) is 1. The third kappa shape index (κ3) is 4.86. The van der Waals surface area contributed by atoms with E-state index in [0.717, 1.165) is 5.56 Å². The first kappa shape index (κ1) is 21.9. The molecule has 1 heterocycles. The van der Waals surface area contributed by atoms with Crippen molar-refractivity contribution in [2.75, 3.05) is 18.4 Å². The summed E-state index contributed by atoms with van der Waals surface area (Å²) in [6.07, 6.45) is 3.08. The van der Waals surface area contributed by atoms with Crippen LogP contribution in [-0.2, 0) is 16.6 Å². The monoisotopic (exact) mass is 447 g/mol. The lowest BCUT2D eigenvalue weighted by Gasteiger charge is -2.19. The first-order valence-corrected chi connectivity index (χ1v) is 11.2. The van der Waals surface area contributed by atoms with Gasteiger partial charge in [0.05, 0.1) is 11.6 Å². The molecule has 0 bridgehead atoms. The predicted molar refractivity (Wildman–Crippen MR) is 115 cm³/mol. The molecule has 1 amide bonds. The molecule has 3 aromatic rings. The topological polar surface area (TPSA) is 97.2 Å². The normalized spacial score (nSPS) is 11.6. The van der Waals surface area contributed by atoms with Crippen LogP contribution in [0.4, 0.5) is 5.69 Å². The molecule has 8 nitrogen and oxygen atoms in total. The fourth-order valence-corrected chi connectivity index (χ4v) is 4.91. The fraction of sp³-hybridized carbons (Fsp3) is 0.250. The quantitative estimate of drug-likeness (QED) is 0.571. The van der Waals surface area contributed by atoms with Gasteiger partial charge in [0.1, 0.15) is 17.6 Å². The molecule has 2 aromatic carbocycles. The number of hydrogen-bond acceptors (Lipinski definition) is 5. The van der Waals surface area contributed by atoms with Crippen LogP contribution in [0.2, 0.25) is 5.02 Å². The van der Waals surface area contributed by atoms with Crippen LogP contribution in [0.15, 0.2) is 60.0 Å². The molecule has 10 heteroatoms. The highest BCUT2D eigenvalue weighted by Gasteiger charge is 2.25. The molecule has 1 aromatic heterocycles. The molecule has 0 aliphatic carbocycles. The molecule has 0 aliphatic heterocycles. The van der Waals surface area contributed by atoms with Gasteiger partial charge in [-0.15, -0.1) is 0 Å². The average Bonchev–Trinajstić information content (AvgIpc) is 3.23. The van der Waals surface area contributed by atoms with E-state index in [0.29, 0.717) is 30.9 Å². The standard InChI is InChI=1S/C20H22ClN5O3S/c1-3-26(4-2)30(28,29)19-11-17(9-10-18(19)21)24-20(27)16-7-5-15(6-8-16)12-25-14-22-13-23-25/h5-11,13-14H,3-4,12H2,1-2H3,(H,24,27). The van der Waals surface area contributed by atoms with Crippen molar-refractivity contribution in [3.63, 3.8) is 0 Å². The minimum Gasteiger partial charge on any atom is -0.322 e. The number of anilines is 1. The Morgan fingerprint density at radius 3 is 2.43 bits per heavy atom. The van der Waals surface area contributed by atoms with Crippen molar-refractivity contribution in [3.8, 4) is 0 Å². The Hall–Kier alpha value is -2.75. The molecule has 0 radical (unpaired) electrons. The lowest BCUT2D eigenvalue weighted by Crippen LogP contribution is -2.30. The van der Waals surface area contributed by atoms with Gasteiger partial charge >= 0.3 is 0 Å². The maximum absolute atomic E-state index is 12.8. The summed E-state index contributed by atoms with van der Waals surface area (Å²) < 4.78 is 28.6. The Kier molecular flexibility index (Phi) is 6.86. The lowest BCUT2D eigenvalue weighted by atomic mass is 10.1. The fourth-order valence-electron chi connectivity index (χ4n) is 2.95. The van der Waals surface area contributed by atoms with Gasteiger partial charge in [-0.3, -0.25) is 4.79 Å². The number of amides is 1. The van der Waals surface area contributed by atoms with E-state index >= 15 is 0 Å². The van der Waals surface area contributed by atoms with Crippen LogP contribution < -0.4 is 5.32 Å². The summed E-state index contributed by atoms with van der Waals surface area (Å²) in [7, 11) is -3.75. The summed E-state index contributed by atoms with van der Waals surface area (Å²) in [4.78, 5) is 16.5. The van der Waals surface area contributed by atoms with E-state index in [-0.39, 0.29) is 15.8 Å². The molecular weight excluding hydrogens is 426 g/mol. The van der Waals surface area contributed by atoms with E-state index in [1.807, 2.05) is 12.1 Å². The summed E-state index contributed by atoms with van der Waals surface area (Å²) in [5, 5.41) is 6.89. The Morgan fingerprint density at radius 1 is 1.13 bits per heavy atom. The van der Waals surface area contributed by atoms with Crippen LogP contribution in [0.3, 0.4) is 0 Å². The van der Waals surface area contributed by atoms with Gasteiger partial charge in [-0.05, 0) is 35.9 Å². The summed E-state index contributed by atoms with van der Waals surface area (Å²) in [5.41, 5.74) is 1.76. The molecule has 0 spiro atoms. The van der Waals surface area contributed by atoms with Crippen molar-refractivity contribution in [3.05, 3.63) is 71.3 Å². The molecule has 0 fully saturated rings. The maximum atomic E-state index is 12.8. The smallest absolute Gasteiger partial charge is 0.255 e. The van der Waals surface area contributed by atoms with E-state index in [4.69, 9.17) is 11.6 Å². The van der Waals surface area contributed by atoms with Gasteiger partial charge in [0.2, 0.25) is 10.0 Å². The highest BCUT2D eigenvalue weighted by molar-refractivity contribution is 7.89. The molecule has 0 saturated carbocycles. The Bertz CT molecular complexity index is 1110. The van der Waals surface area contributed by atoms with E-state index in [9.17, 15) is 13.2 Å². The number of nitrogens with zero attached hydrogens (tertiary/aromatic N) is 4. The second-order valence-electron chi connectivity index (χ2n) is 6.48. The highest BCUT2D eigenvalue weighted by atomic mass is 35.5. The molecular formula is C20H22ClN5O3S. The van der Waals surface area contributed by atoms with Crippen molar-refractivity contribution >= 4 is 33.2 Å². The number of sulfonamides is 1. The Labute approximate surface area is 180 Å². The number of halogens is 1. The molecule has 0 unspecified atom stereocenters. The van der Waals surface area contributed by atoms with Crippen LogP contribution in [0, 0.1) is 0 Å². The highest BCUT2D eigenvalue weighted by Crippen LogP contribution is 2.28. The number of hydrogen-bond donors (Lipinski definition) is 1. The number of carbonyl (C=O) groups is 1. The van der Waals surface area contributed by atoms with E-state index in [1.165, 1.54) is 22.8 Å². The Balaban J connectivity index is 1.77. The van der Waals surface area contributed by atoms with E-state index < -0.39 is 10.0 Å². The summed E-state index contributed by atoms with van der Waals surface area (Å²) in [6.45, 7) is 4.71. The molecule has 0 atom stereocenters. The zero-order valence-corrected chi connectivity index (χ0v) is 18.2. The Morgan fingerprint density at radius 2 is 1.83 bits per heavy atom. The van der Waals surface area contributed by atoms with Gasteiger partial charge in [-0.2, -0.15) is 9.40 Å². The van der Waals surface area contributed by atoms with Crippen LogP contribution in [-0.4, -0.2) is 46.5 Å². The molecule has 30 heavy (non-hydrogen) atoms. The van der Waals surface area contributed by atoms with Gasteiger partial charge in [-0.25, -0.2) is 18.1 Å². The second-order valence-corrected chi connectivity index (χ2v) is 8.79. The number of aromatic nitrogens is 3. The zero-order chi connectivity index (χ0) is 21.7. The molecule has 3 rings (SSSR count). The average molecular weight is 448 g/mol. The first-order valence-electron chi connectivity index (χ1n) is 9.37. The maximum Gasteiger partial charge on any atom is 0.255 e. The largest absolute Gasteiger partial charge is 0.322 e. The van der Waals surface area contributed by atoms with Crippen LogP contribution in [0.5, 0.6) is 0 Å². The first-order chi connectivity index (χ1) is 14.3. The van der Waals surface area contributed by atoms with Crippen molar-refractivity contribution in [2.45, 2.75) is 25.3 Å². The van der Waals surface area contributed by atoms with Crippen molar-refractivity contribution in [2.24, 2.45) is 0 Å². The zero-order valence-electron chi connectivity index (χ0n) is 16.6. The third-order valence-electron chi connectivity index (χ3n) is 4.54. The van der Waals surface area contributed by atoms with Crippen molar-refractivity contribution in [1.82, 2.24) is 19.1 Å². The predicted octanol–water partition coefficient (Wildman–Crippen LogP) is 3.26. The molecule has 158 valence electrons. The minimum absolute atomic E-state index is 0.0335. The molecule has 1 N–H and O–H groups in total. The lowest BCUT2D eigenvalue weighted by molar-refractivity contribution is 0.102. The molecule has 0 aliphatic rings. The van der Waals surface area contributed by atoms with Gasteiger partial charge in [0, 0.05) is 24.3 Å². The van der Waals surface area contributed by atoms with Gasteiger partial charge in [0.25, 0.3) is 5.91 Å². The number of carbonyl (C=O) groups excluding carboxylic acids is 1. The third-order valence-corrected chi connectivity index (χ3v) is 7.07. The van der Waals surface area contributed by atoms with E-state index in [2.05, 4.69) is 15.4 Å². The van der Waals surface area contributed by atoms with Crippen molar-refractivity contribution < 1.29 is 13.2 Å². The van der Waals surface area contributed by atoms with E-state index in [1.54, 1.807) is 43.1 Å². The molecule has 0 saturated heterocycles. The number of benzene rings is 2.